The van der Waals surface area contributed by atoms with Crippen molar-refractivity contribution < 1.29 is 9.18 Å². The average molecular weight is 405 g/mol. The molecule has 3 heterocycles. The van der Waals surface area contributed by atoms with E-state index in [1.807, 2.05) is 18.7 Å². The number of aromatic nitrogens is 3. The Kier molecular flexibility index (Phi) is 5.44. The number of nitrogen functional groups attached to an aromatic ring is 1. The summed E-state index contributed by atoms with van der Waals surface area (Å²) < 4.78 is 13.4. The number of nitrogens with zero attached hydrogens (tertiary/aromatic N) is 4. The molecule has 1 fully saturated rings. The molecule has 0 spiro atoms. The molecule has 2 aromatic heterocycles. The van der Waals surface area contributed by atoms with Crippen molar-refractivity contribution in [3.8, 4) is 11.3 Å². The number of aryl methyl sites for hydroxylation is 2. The number of carbonyl (C=O) groups excluding carboxylic acids is 1. The van der Waals surface area contributed by atoms with Gasteiger partial charge in [0.25, 0.3) is 0 Å². The lowest BCUT2D eigenvalue weighted by Crippen LogP contribution is -2.30. The first-order valence-corrected chi connectivity index (χ1v) is 9.99. The highest BCUT2D eigenvalue weighted by molar-refractivity contribution is 5.80. The SMILES string of the molecule is Cc1cnc(C2CCN(C(=O)Cc3nc(-c4ccc(F)cc4C)ccc3N)C2)cn1. The maximum Gasteiger partial charge on any atom is 0.228 e. The first-order chi connectivity index (χ1) is 14.4. The van der Waals surface area contributed by atoms with Gasteiger partial charge in [-0.25, -0.2) is 4.39 Å². The Bertz CT molecular complexity index is 1080. The van der Waals surface area contributed by atoms with Gasteiger partial charge in [-0.2, -0.15) is 0 Å². The molecule has 4 rings (SSSR count). The molecular formula is C23H24FN5O. The molecule has 0 aliphatic carbocycles. The van der Waals surface area contributed by atoms with E-state index in [0.717, 1.165) is 28.9 Å². The Morgan fingerprint density at radius 3 is 2.77 bits per heavy atom. The number of amides is 1. The van der Waals surface area contributed by atoms with E-state index in [2.05, 4.69) is 15.0 Å². The first-order valence-electron chi connectivity index (χ1n) is 9.99. The van der Waals surface area contributed by atoms with Crippen LogP contribution in [0.1, 0.15) is 35.0 Å². The number of rotatable bonds is 4. The van der Waals surface area contributed by atoms with Crippen LogP contribution in [0.4, 0.5) is 10.1 Å². The second-order valence-electron chi connectivity index (χ2n) is 7.78. The molecule has 1 aliphatic rings. The Balaban J connectivity index is 1.49. The summed E-state index contributed by atoms with van der Waals surface area (Å²) in [6, 6.07) is 8.12. The van der Waals surface area contributed by atoms with Gasteiger partial charge in [-0.1, -0.05) is 0 Å². The molecule has 2 N–H and O–H groups in total. The van der Waals surface area contributed by atoms with Crippen LogP contribution in [0.25, 0.3) is 11.3 Å². The molecule has 30 heavy (non-hydrogen) atoms. The summed E-state index contributed by atoms with van der Waals surface area (Å²) >= 11 is 0. The number of benzene rings is 1. The highest BCUT2D eigenvalue weighted by Gasteiger charge is 2.29. The van der Waals surface area contributed by atoms with Gasteiger partial charge < -0.3 is 10.6 Å². The number of anilines is 1. The Hall–Kier alpha value is -3.35. The number of hydrogen-bond acceptors (Lipinski definition) is 5. The van der Waals surface area contributed by atoms with Crippen LogP contribution < -0.4 is 5.73 Å². The molecule has 0 radical (unpaired) electrons. The van der Waals surface area contributed by atoms with Gasteiger partial charge in [0.2, 0.25) is 5.91 Å². The second kappa shape index (κ2) is 8.18. The molecule has 1 amide bonds. The van der Waals surface area contributed by atoms with Crippen molar-refractivity contribution in [1.82, 2.24) is 19.9 Å². The van der Waals surface area contributed by atoms with E-state index in [-0.39, 0.29) is 24.1 Å². The normalized spacial score (nSPS) is 16.1. The molecule has 1 aromatic carbocycles. The number of hydrogen-bond donors (Lipinski definition) is 1. The van der Waals surface area contributed by atoms with E-state index in [1.54, 1.807) is 30.6 Å². The van der Waals surface area contributed by atoms with Crippen LogP contribution >= 0.6 is 0 Å². The summed E-state index contributed by atoms with van der Waals surface area (Å²) in [6.07, 6.45) is 4.54. The van der Waals surface area contributed by atoms with E-state index >= 15 is 0 Å². The van der Waals surface area contributed by atoms with Crippen LogP contribution in [-0.4, -0.2) is 38.8 Å². The molecule has 1 aliphatic heterocycles. The maximum absolute atomic E-state index is 13.4. The van der Waals surface area contributed by atoms with E-state index in [0.29, 0.717) is 30.2 Å². The van der Waals surface area contributed by atoms with Gasteiger partial charge in [0.15, 0.2) is 0 Å². The van der Waals surface area contributed by atoms with E-state index in [4.69, 9.17) is 5.73 Å². The largest absolute Gasteiger partial charge is 0.397 e. The minimum Gasteiger partial charge on any atom is -0.397 e. The highest BCUT2D eigenvalue weighted by atomic mass is 19.1. The molecular weight excluding hydrogens is 381 g/mol. The molecule has 0 bridgehead atoms. The quantitative estimate of drug-likeness (QED) is 0.719. The number of pyridine rings is 1. The van der Waals surface area contributed by atoms with Crippen molar-refractivity contribution >= 4 is 11.6 Å². The van der Waals surface area contributed by atoms with Gasteiger partial charge in [0.05, 0.1) is 34.9 Å². The number of carbonyl (C=O) groups is 1. The van der Waals surface area contributed by atoms with E-state index in [9.17, 15) is 9.18 Å². The maximum atomic E-state index is 13.4. The summed E-state index contributed by atoms with van der Waals surface area (Å²) in [4.78, 5) is 28.1. The third-order valence-corrected chi connectivity index (χ3v) is 5.55. The van der Waals surface area contributed by atoms with Crippen LogP contribution in [-0.2, 0) is 11.2 Å². The lowest BCUT2D eigenvalue weighted by atomic mass is 10.0. The fraction of sp³-hybridized carbons (Fsp3) is 0.304. The van der Waals surface area contributed by atoms with Gasteiger partial charge in [0.1, 0.15) is 5.82 Å². The minimum atomic E-state index is -0.288. The zero-order chi connectivity index (χ0) is 21.3. The van der Waals surface area contributed by atoms with Crippen molar-refractivity contribution in [2.45, 2.75) is 32.6 Å². The van der Waals surface area contributed by atoms with Gasteiger partial charge in [-0.3, -0.25) is 19.7 Å². The van der Waals surface area contributed by atoms with E-state index in [1.165, 1.54) is 12.1 Å². The summed E-state index contributed by atoms with van der Waals surface area (Å²) in [7, 11) is 0. The summed E-state index contributed by atoms with van der Waals surface area (Å²) in [5.41, 5.74) is 11.2. The first kappa shape index (κ1) is 19.9. The predicted molar refractivity (Wildman–Crippen MR) is 113 cm³/mol. The minimum absolute atomic E-state index is 0.00949. The van der Waals surface area contributed by atoms with Crippen molar-refractivity contribution in [2.75, 3.05) is 18.8 Å². The topological polar surface area (TPSA) is 85.0 Å². The Labute approximate surface area is 175 Å². The van der Waals surface area contributed by atoms with Crippen molar-refractivity contribution in [3.63, 3.8) is 0 Å². The zero-order valence-electron chi connectivity index (χ0n) is 17.1. The van der Waals surface area contributed by atoms with E-state index < -0.39 is 0 Å². The number of nitrogens with two attached hydrogens (primary N) is 1. The molecule has 1 saturated heterocycles. The predicted octanol–water partition coefficient (Wildman–Crippen LogP) is 3.44. The smallest absolute Gasteiger partial charge is 0.228 e. The third kappa shape index (κ3) is 4.15. The number of likely N-dealkylation sites (tertiary alicyclic amines) is 1. The lowest BCUT2D eigenvalue weighted by molar-refractivity contribution is -0.129. The average Bonchev–Trinajstić information content (AvgIpc) is 3.21. The van der Waals surface area contributed by atoms with Crippen molar-refractivity contribution in [1.29, 1.82) is 0 Å². The molecule has 6 nitrogen and oxygen atoms in total. The van der Waals surface area contributed by atoms with Crippen LogP contribution in [0.5, 0.6) is 0 Å². The summed E-state index contributed by atoms with van der Waals surface area (Å²) in [5, 5.41) is 0. The van der Waals surface area contributed by atoms with Gasteiger partial charge in [-0.05, 0) is 56.2 Å². The van der Waals surface area contributed by atoms with Gasteiger partial charge in [0, 0.05) is 37.0 Å². The lowest BCUT2D eigenvalue weighted by Gasteiger charge is -2.17. The zero-order valence-corrected chi connectivity index (χ0v) is 17.1. The van der Waals surface area contributed by atoms with Crippen molar-refractivity contribution in [2.24, 2.45) is 0 Å². The fourth-order valence-corrected chi connectivity index (χ4v) is 3.81. The van der Waals surface area contributed by atoms with Crippen molar-refractivity contribution in [3.05, 3.63) is 71.2 Å². The van der Waals surface area contributed by atoms with Gasteiger partial charge >= 0.3 is 0 Å². The molecule has 3 aromatic rings. The van der Waals surface area contributed by atoms with Crippen LogP contribution in [0.3, 0.4) is 0 Å². The molecule has 1 unspecified atom stereocenters. The number of halogens is 1. The third-order valence-electron chi connectivity index (χ3n) is 5.55. The standard InChI is InChI=1S/C23H24FN5O/c1-14-9-17(24)3-4-18(14)20-6-5-19(25)21(28-20)10-23(30)29-8-7-16(13-29)22-12-26-15(2)11-27-22/h3-6,9,11-12,16H,7-8,10,13,25H2,1-2H3. The van der Waals surface area contributed by atoms with Crippen LogP contribution in [0.2, 0.25) is 0 Å². The molecule has 154 valence electrons. The molecule has 7 heteroatoms. The van der Waals surface area contributed by atoms with Crippen LogP contribution in [0, 0.1) is 19.7 Å². The summed E-state index contributed by atoms with van der Waals surface area (Å²) in [5.74, 6) is -0.103. The molecule has 0 saturated carbocycles. The highest BCUT2D eigenvalue weighted by Crippen LogP contribution is 2.27. The Morgan fingerprint density at radius 2 is 2.03 bits per heavy atom. The molecule has 1 atom stereocenters. The van der Waals surface area contributed by atoms with Crippen LogP contribution in [0.15, 0.2) is 42.7 Å². The monoisotopic (exact) mass is 405 g/mol. The Morgan fingerprint density at radius 1 is 1.20 bits per heavy atom. The second-order valence-corrected chi connectivity index (χ2v) is 7.78. The van der Waals surface area contributed by atoms with Gasteiger partial charge in [-0.15, -0.1) is 0 Å². The summed E-state index contributed by atoms with van der Waals surface area (Å²) in [6.45, 7) is 5.03. The fourth-order valence-electron chi connectivity index (χ4n) is 3.81.